The van der Waals surface area contributed by atoms with Crippen LogP contribution in [0.3, 0.4) is 0 Å². The van der Waals surface area contributed by atoms with E-state index in [2.05, 4.69) is 17.8 Å². The van der Waals surface area contributed by atoms with Gasteiger partial charge in [-0.3, -0.25) is 20.4 Å². The highest BCUT2D eigenvalue weighted by Gasteiger charge is 2.24. The molecule has 2 amide bonds. The molecule has 126 valence electrons. The van der Waals surface area contributed by atoms with Crippen LogP contribution < -0.4 is 20.5 Å². The predicted molar refractivity (Wildman–Crippen MR) is 87.2 cm³/mol. The standard InChI is InChI=1S/C16H22ClN3O3/c1-12-4-2-3-9-20(12)10-15(21)18-19-16(22)11-23-14-7-5-13(17)6-8-14/h5-8,12H,2-4,9-11H2,1H3,(H,18,21)(H,19,22)/p+1/t12-/m1/s1. The lowest BCUT2D eigenvalue weighted by Crippen LogP contribution is -3.17. The summed E-state index contributed by atoms with van der Waals surface area (Å²) in [7, 11) is 0. The zero-order chi connectivity index (χ0) is 16.7. The fourth-order valence-corrected chi connectivity index (χ4v) is 2.75. The number of carbonyl (C=O) groups excluding carboxylic acids is 2. The molecule has 0 aliphatic carbocycles. The predicted octanol–water partition coefficient (Wildman–Crippen LogP) is 0.324. The van der Waals surface area contributed by atoms with E-state index in [1.807, 2.05) is 0 Å². The van der Waals surface area contributed by atoms with Crippen molar-refractivity contribution in [1.82, 2.24) is 10.9 Å². The van der Waals surface area contributed by atoms with Crippen molar-refractivity contribution in [2.24, 2.45) is 0 Å². The molecule has 3 N–H and O–H groups in total. The average Bonchev–Trinajstić information content (AvgIpc) is 2.54. The van der Waals surface area contributed by atoms with Crippen LogP contribution in [0.25, 0.3) is 0 Å². The number of hydrazine groups is 1. The molecule has 1 aliphatic heterocycles. The van der Waals surface area contributed by atoms with Gasteiger partial charge in [-0.25, -0.2) is 0 Å². The van der Waals surface area contributed by atoms with E-state index in [1.54, 1.807) is 24.3 Å². The highest BCUT2D eigenvalue weighted by atomic mass is 35.5. The van der Waals surface area contributed by atoms with Crippen molar-refractivity contribution in [3.05, 3.63) is 29.3 Å². The number of benzene rings is 1. The summed E-state index contributed by atoms with van der Waals surface area (Å²) in [6, 6.07) is 7.20. The number of carbonyl (C=O) groups is 2. The molecule has 1 aromatic rings. The Hall–Kier alpha value is -1.79. The van der Waals surface area contributed by atoms with Crippen molar-refractivity contribution in [3.8, 4) is 5.75 Å². The van der Waals surface area contributed by atoms with E-state index in [1.165, 1.54) is 11.3 Å². The van der Waals surface area contributed by atoms with Gasteiger partial charge >= 0.3 is 0 Å². The molecule has 1 aliphatic rings. The van der Waals surface area contributed by atoms with Gasteiger partial charge in [0.15, 0.2) is 13.2 Å². The van der Waals surface area contributed by atoms with Crippen LogP contribution >= 0.6 is 11.6 Å². The number of hydrogen-bond donors (Lipinski definition) is 3. The van der Waals surface area contributed by atoms with Gasteiger partial charge < -0.3 is 9.64 Å². The number of nitrogens with one attached hydrogen (secondary N) is 3. The van der Waals surface area contributed by atoms with Gasteiger partial charge in [0.05, 0.1) is 12.6 Å². The minimum absolute atomic E-state index is 0.172. The molecule has 6 nitrogen and oxygen atoms in total. The minimum atomic E-state index is -0.407. The normalized spacial score (nSPS) is 20.6. The number of ether oxygens (including phenoxy) is 1. The van der Waals surface area contributed by atoms with E-state index in [9.17, 15) is 9.59 Å². The molecular formula is C16H23ClN3O3+. The van der Waals surface area contributed by atoms with Crippen LogP contribution in [0.5, 0.6) is 5.75 Å². The summed E-state index contributed by atoms with van der Waals surface area (Å²) in [6.07, 6.45) is 3.52. The van der Waals surface area contributed by atoms with Gasteiger partial charge in [0.1, 0.15) is 5.75 Å². The van der Waals surface area contributed by atoms with E-state index >= 15 is 0 Å². The number of piperidine rings is 1. The monoisotopic (exact) mass is 340 g/mol. The lowest BCUT2D eigenvalue weighted by atomic mass is 10.0. The Morgan fingerprint density at radius 2 is 1.91 bits per heavy atom. The van der Waals surface area contributed by atoms with Crippen molar-refractivity contribution in [1.29, 1.82) is 0 Å². The molecule has 1 unspecified atom stereocenters. The lowest BCUT2D eigenvalue weighted by Gasteiger charge is -2.29. The molecule has 1 heterocycles. The second kappa shape index (κ2) is 8.74. The molecule has 0 spiro atoms. The molecule has 0 bridgehead atoms. The highest BCUT2D eigenvalue weighted by molar-refractivity contribution is 6.30. The SMILES string of the molecule is C[C@@H]1CCCC[NH+]1CC(=O)NNC(=O)COc1ccc(Cl)cc1. The van der Waals surface area contributed by atoms with Gasteiger partial charge in [-0.05, 0) is 50.5 Å². The van der Waals surface area contributed by atoms with Crippen LogP contribution in [0.2, 0.25) is 5.02 Å². The lowest BCUT2D eigenvalue weighted by molar-refractivity contribution is -0.921. The Balaban J connectivity index is 1.65. The third-order valence-corrected chi connectivity index (χ3v) is 4.25. The first-order valence-corrected chi connectivity index (χ1v) is 8.23. The number of halogens is 1. The first kappa shape index (κ1) is 17.6. The summed E-state index contributed by atoms with van der Waals surface area (Å²) < 4.78 is 5.29. The fourth-order valence-electron chi connectivity index (χ4n) is 2.62. The molecule has 7 heteroatoms. The maximum atomic E-state index is 11.9. The fraction of sp³-hybridized carbons (Fsp3) is 0.500. The van der Waals surface area contributed by atoms with Gasteiger partial charge in [0.25, 0.3) is 11.8 Å². The van der Waals surface area contributed by atoms with Crippen LogP contribution in [0, 0.1) is 0 Å². The summed E-state index contributed by atoms with van der Waals surface area (Å²) in [5.41, 5.74) is 4.80. The minimum Gasteiger partial charge on any atom is -0.484 e. The maximum absolute atomic E-state index is 11.9. The summed E-state index contributed by atoms with van der Waals surface area (Å²) in [6.45, 7) is 3.36. The number of quaternary nitrogens is 1. The van der Waals surface area contributed by atoms with Crippen LogP contribution in [0.15, 0.2) is 24.3 Å². The summed E-state index contributed by atoms with van der Waals surface area (Å²) in [5, 5.41) is 0.600. The zero-order valence-corrected chi connectivity index (χ0v) is 14.0. The van der Waals surface area contributed by atoms with Gasteiger partial charge in [-0.2, -0.15) is 0 Å². The molecule has 1 aromatic carbocycles. The Kier molecular flexibility index (Phi) is 6.67. The molecule has 2 atom stereocenters. The maximum Gasteiger partial charge on any atom is 0.293 e. The summed E-state index contributed by atoms with van der Waals surface area (Å²) in [5.74, 6) is -0.0500. The van der Waals surface area contributed by atoms with E-state index in [0.29, 0.717) is 23.4 Å². The number of hydrogen-bond acceptors (Lipinski definition) is 3. The zero-order valence-electron chi connectivity index (χ0n) is 13.2. The van der Waals surface area contributed by atoms with Crippen molar-refractivity contribution < 1.29 is 19.2 Å². The van der Waals surface area contributed by atoms with E-state index < -0.39 is 5.91 Å². The van der Waals surface area contributed by atoms with Gasteiger partial charge in [0, 0.05) is 5.02 Å². The van der Waals surface area contributed by atoms with Crippen LogP contribution in [0.4, 0.5) is 0 Å². The van der Waals surface area contributed by atoms with Crippen molar-refractivity contribution in [3.63, 3.8) is 0 Å². The third kappa shape index (κ3) is 6.08. The largest absolute Gasteiger partial charge is 0.484 e. The second-order valence-electron chi connectivity index (χ2n) is 5.82. The molecule has 0 saturated carbocycles. The molecule has 2 rings (SSSR count). The highest BCUT2D eigenvalue weighted by Crippen LogP contribution is 2.15. The van der Waals surface area contributed by atoms with E-state index in [-0.39, 0.29) is 12.5 Å². The first-order valence-electron chi connectivity index (χ1n) is 7.85. The van der Waals surface area contributed by atoms with E-state index in [0.717, 1.165) is 19.4 Å². The topological polar surface area (TPSA) is 71.9 Å². The molecule has 1 saturated heterocycles. The smallest absolute Gasteiger partial charge is 0.293 e. The molecule has 1 fully saturated rings. The molecule has 23 heavy (non-hydrogen) atoms. The summed E-state index contributed by atoms with van der Waals surface area (Å²) in [4.78, 5) is 24.8. The number of rotatable bonds is 5. The molecule has 0 aromatic heterocycles. The third-order valence-electron chi connectivity index (χ3n) is 3.99. The van der Waals surface area contributed by atoms with Gasteiger partial charge in [-0.1, -0.05) is 11.6 Å². The average molecular weight is 341 g/mol. The first-order chi connectivity index (χ1) is 11.0. The van der Waals surface area contributed by atoms with Crippen LogP contribution in [-0.4, -0.2) is 37.6 Å². The number of likely N-dealkylation sites (tertiary alicyclic amines) is 1. The second-order valence-corrected chi connectivity index (χ2v) is 6.26. The van der Waals surface area contributed by atoms with Crippen LogP contribution in [-0.2, 0) is 9.59 Å². The van der Waals surface area contributed by atoms with E-state index in [4.69, 9.17) is 16.3 Å². The molecular weight excluding hydrogens is 318 g/mol. The Morgan fingerprint density at radius 1 is 1.22 bits per heavy atom. The number of amides is 2. The molecule has 0 radical (unpaired) electrons. The van der Waals surface area contributed by atoms with Gasteiger partial charge in [-0.15, -0.1) is 0 Å². The van der Waals surface area contributed by atoms with Crippen molar-refractivity contribution in [2.75, 3.05) is 19.7 Å². The summed E-state index contributed by atoms with van der Waals surface area (Å²) >= 11 is 5.76. The van der Waals surface area contributed by atoms with Gasteiger partial charge in [0.2, 0.25) is 0 Å². The van der Waals surface area contributed by atoms with Crippen LogP contribution in [0.1, 0.15) is 26.2 Å². The Labute approximate surface area is 141 Å². The Morgan fingerprint density at radius 3 is 2.61 bits per heavy atom. The Bertz CT molecular complexity index is 536. The van der Waals surface area contributed by atoms with Crippen molar-refractivity contribution in [2.45, 2.75) is 32.2 Å². The quantitative estimate of drug-likeness (QED) is 0.676. The van der Waals surface area contributed by atoms with Crippen molar-refractivity contribution >= 4 is 23.4 Å².